The van der Waals surface area contributed by atoms with Gasteiger partial charge in [-0.1, -0.05) is 0 Å². The minimum absolute atomic E-state index is 0.328. The van der Waals surface area contributed by atoms with Crippen LogP contribution in [-0.2, 0) is 11.4 Å². The zero-order chi connectivity index (χ0) is 16.0. The van der Waals surface area contributed by atoms with Crippen molar-refractivity contribution in [3.8, 4) is 5.88 Å². The van der Waals surface area contributed by atoms with E-state index in [-0.39, 0.29) is 6.04 Å². The number of aromatic nitrogens is 1. The number of alkyl halides is 1. The molecule has 21 heavy (non-hydrogen) atoms. The molecule has 0 aliphatic heterocycles. The topological polar surface area (TPSA) is 57.2 Å². The number of hydrogen-bond donors (Lipinski definition) is 1. The van der Waals surface area contributed by atoms with E-state index in [2.05, 4.69) is 9.71 Å². The van der Waals surface area contributed by atoms with Gasteiger partial charge in [0.15, 0.2) is 0 Å². The number of hydrogen-bond acceptors (Lipinski definition) is 4. The molecule has 1 unspecified atom stereocenters. The number of nitrogens with zero attached hydrogens (tertiary/aromatic N) is 1. The Morgan fingerprint density at radius 3 is 2.71 bits per heavy atom. The zero-order valence-electron chi connectivity index (χ0n) is 12.8. The standard InChI is InChI=1S/C14H22ClFN2O2S/c1-14(2,3)21(19)18-12(6-5-7-15)11-8-10(16)9-17-13(11)20-4/h8-9,12,18H,5-7H2,1-4H3/t12-,21?/m1/s1. The van der Waals surface area contributed by atoms with Crippen molar-refractivity contribution < 1.29 is 13.7 Å². The van der Waals surface area contributed by atoms with Crippen molar-refractivity contribution in [2.45, 2.75) is 44.4 Å². The zero-order valence-corrected chi connectivity index (χ0v) is 14.4. The molecule has 1 aromatic heterocycles. The lowest BCUT2D eigenvalue weighted by atomic mass is 10.0. The Morgan fingerprint density at radius 2 is 2.19 bits per heavy atom. The van der Waals surface area contributed by atoms with Gasteiger partial charge < -0.3 is 9.29 Å². The van der Waals surface area contributed by atoms with Crippen molar-refractivity contribution in [1.82, 2.24) is 9.71 Å². The molecule has 0 radical (unpaired) electrons. The number of pyridine rings is 1. The largest absolute Gasteiger partial charge is 0.598 e. The molecule has 0 fully saturated rings. The van der Waals surface area contributed by atoms with E-state index in [9.17, 15) is 8.94 Å². The van der Waals surface area contributed by atoms with Crippen LogP contribution in [-0.4, -0.2) is 27.3 Å². The van der Waals surface area contributed by atoms with E-state index in [1.807, 2.05) is 20.8 Å². The maximum absolute atomic E-state index is 13.5. The highest BCUT2D eigenvalue weighted by Gasteiger charge is 2.31. The average Bonchev–Trinajstić information content (AvgIpc) is 2.42. The van der Waals surface area contributed by atoms with Gasteiger partial charge in [-0.05, 0) is 39.7 Å². The maximum atomic E-state index is 13.5. The summed E-state index contributed by atoms with van der Waals surface area (Å²) in [5.74, 6) is 0.352. The monoisotopic (exact) mass is 336 g/mol. The highest BCUT2D eigenvalue weighted by molar-refractivity contribution is 7.90. The van der Waals surface area contributed by atoms with Gasteiger partial charge in [-0.25, -0.2) is 9.37 Å². The van der Waals surface area contributed by atoms with Crippen LogP contribution in [0.5, 0.6) is 5.88 Å². The molecule has 0 aliphatic carbocycles. The predicted octanol–water partition coefficient (Wildman–Crippen LogP) is 3.34. The Hall–Kier alpha value is -0.560. The third-order valence-electron chi connectivity index (χ3n) is 2.85. The summed E-state index contributed by atoms with van der Waals surface area (Å²) in [5, 5.41) is 0. The van der Waals surface area contributed by atoms with Gasteiger partial charge in [0.25, 0.3) is 0 Å². The normalized spacial score (nSPS) is 14.8. The molecule has 0 spiro atoms. The molecular formula is C14H22ClFN2O2S. The molecule has 120 valence electrons. The SMILES string of the molecule is COc1ncc(F)cc1[C@@H](CCCCl)N[S+]([O-])C(C)(C)C. The molecule has 2 atom stereocenters. The van der Waals surface area contributed by atoms with Crippen LogP contribution < -0.4 is 9.46 Å². The molecule has 4 nitrogen and oxygen atoms in total. The third-order valence-corrected chi connectivity index (χ3v) is 4.72. The first kappa shape index (κ1) is 18.5. The van der Waals surface area contributed by atoms with E-state index in [0.29, 0.717) is 30.2 Å². The summed E-state index contributed by atoms with van der Waals surface area (Å²) in [6, 6.07) is 1.03. The maximum Gasteiger partial charge on any atom is 0.218 e. The fourth-order valence-electron chi connectivity index (χ4n) is 1.73. The smallest absolute Gasteiger partial charge is 0.218 e. The molecule has 7 heteroatoms. The van der Waals surface area contributed by atoms with Crippen molar-refractivity contribution in [2.24, 2.45) is 0 Å². The summed E-state index contributed by atoms with van der Waals surface area (Å²) in [7, 11) is 1.48. The van der Waals surface area contributed by atoms with Crippen molar-refractivity contribution in [3.05, 3.63) is 23.6 Å². The summed E-state index contributed by atoms with van der Waals surface area (Å²) in [4.78, 5) is 3.93. The number of nitrogens with one attached hydrogen (secondary N) is 1. The lowest BCUT2D eigenvalue weighted by Crippen LogP contribution is -2.41. The van der Waals surface area contributed by atoms with Crippen molar-refractivity contribution in [3.63, 3.8) is 0 Å². The highest BCUT2D eigenvalue weighted by Crippen LogP contribution is 2.29. The number of halogens is 2. The van der Waals surface area contributed by atoms with E-state index in [4.69, 9.17) is 16.3 Å². The quantitative estimate of drug-likeness (QED) is 0.613. The summed E-state index contributed by atoms with van der Waals surface area (Å²) < 4.78 is 33.6. The fourth-order valence-corrected chi connectivity index (χ4v) is 2.74. The molecular weight excluding hydrogens is 315 g/mol. The molecule has 1 rings (SSSR count). The lowest BCUT2D eigenvalue weighted by molar-refractivity contribution is 0.381. The Balaban J connectivity index is 3.04. The Bertz CT molecular complexity index is 457. The fraction of sp³-hybridized carbons (Fsp3) is 0.643. The van der Waals surface area contributed by atoms with Gasteiger partial charge >= 0.3 is 0 Å². The Morgan fingerprint density at radius 1 is 1.52 bits per heavy atom. The van der Waals surface area contributed by atoms with E-state index in [1.165, 1.54) is 13.2 Å². The first-order chi connectivity index (χ1) is 9.79. The molecule has 0 saturated carbocycles. The lowest BCUT2D eigenvalue weighted by Gasteiger charge is -2.28. The molecule has 0 bridgehead atoms. The summed E-state index contributed by atoms with van der Waals surface area (Å²) in [6.07, 6.45) is 2.43. The van der Waals surface area contributed by atoms with Crippen LogP contribution in [0.25, 0.3) is 0 Å². The molecule has 1 heterocycles. The number of ether oxygens (including phenoxy) is 1. The van der Waals surface area contributed by atoms with Crippen LogP contribution in [0.4, 0.5) is 4.39 Å². The van der Waals surface area contributed by atoms with Crippen molar-refractivity contribution in [1.29, 1.82) is 0 Å². The second-order valence-electron chi connectivity index (χ2n) is 5.63. The molecule has 0 saturated heterocycles. The van der Waals surface area contributed by atoms with Gasteiger partial charge in [-0.15, -0.1) is 16.3 Å². The van der Waals surface area contributed by atoms with Crippen LogP contribution in [0, 0.1) is 5.82 Å². The summed E-state index contributed by atoms with van der Waals surface area (Å²) >= 11 is 4.45. The van der Waals surface area contributed by atoms with Crippen LogP contribution in [0.1, 0.15) is 45.2 Å². The van der Waals surface area contributed by atoms with Gasteiger partial charge in [0, 0.05) is 22.8 Å². The Labute approximate surface area is 133 Å². The Kier molecular flexibility index (Phi) is 7.20. The van der Waals surface area contributed by atoms with E-state index < -0.39 is 21.9 Å². The van der Waals surface area contributed by atoms with Crippen LogP contribution >= 0.6 is 11.6 Å². The number of rotatable bonds is 7. The van der Waals surface area contributed by atoms with Crippen molar-refractivity contribution in [2.75, 3.05) is 13.0 Å². The second kappa shape index (κ2) is 8.17. The van der Waals surface area contributed by atoms with Gasteiger partial charge in [0.2, 0.25) is 5.88 Å². The van der Waals surface area contributed by atoms with Crippen LogP contribution in [0.15, 0.2) is 12.3 Å². The molecule has 1 aromatic rings. The second-order valence-corrected chi connectivity index (χ2v) is 8.01. The van der Waals surface area contributed by atoms with E-state index in [1.54, 1.807) is 0 Å². The van der Waals surface area contributed by atoms with Gasteiger partial charge in [-0.3, -0.25) is 0 Å². The van der Waals surface area contributed by atoms with E-state index >= 15 is 0 Å². The number of methoxy groups -OCH3 is 1. The minimum Gasteiger partial charge on any atom is -0.598 e. The molecule has 0 amide bonds. The predicted molar refractivity (Wildman–Crippen MR) is 84.5 cm³/mol. The molecule has 0 aliphatic rings. The third kappa shape index (κ3) is 5.62. The van der Waals surface area contributed by atoms with Crippen molar-refractivity contribution >= 4 is 23.0 Å². The summed E-state index contributed by atoms with van der Waals surface area (Å²) in [6.45, 7) is 5.61. The first-order valence-corrected chi connectivity index (χ1v) is 8.41. The molecule has 1 N–H and O–H groups in total. The van der Waals surface area contributed by atoms with Crippen LogP contribution in [0.3, 0.4) is 0 Å². The van der Waals surface area contributed by atoms with E-state index in [0.717, 1.165) is 6.20 Å². The van der Waals surface area contributed by atoms with Gasteiger partial charge in [0.05, 0.1) is 19.3 Å². The van der Waals surface area contributed by atoms with Gasteiger partial charge in [-0.2, -0.15) is 0 Å². The average molecular weight is 337 g/mol. The first-order valence-electron chi connectivity index (χ1n) is 6.73. The minimum atomic E-state index is -1.29. The van der Waals surface area contributed by atoms with Crippen LogP contribution in [0.2, 0.25) is 0 Å². The molecule has 0 aromatic carbocycles. The summed E-state index contributed by atoms with van der Waals surface area (Å²) in [5.41, 5.74) is 0.556. The highest BCUT2D eigenvalue weighted by atomic mass is 35.5. The van der Waals surface area contributed by atoms with Gasteiger partial charge in [0.1, 0.15) is 10.6 Å².